The van der Waals surface area contributed by atoms with Crippen molar-refractivity contribution in [2.75, 3.05) is 43.5 Å². The number of hydrogen-bond donors (Lipinski definition) is 2. The fourth-order valence-electron chi connectivity index (χ4n) is 3.11. The Kier molecular flexibility index (Phi) is 6.54. The van der Waals surface area contributed by atoms with Gasteiger partial charge in [-0.2, -0.15) is 0 Å². The third-order valence-corrected chi connectivity index (χ3v) is 4.83. The van der Waals surface area contributed by atoms with Crippen LogP contribution in [-0.4, -0.2) is 56.2 Å². The van der Waals surface area contributed by atoms with Gasteiger partial charge in [-0.15, -0.1) is 0 Å². The minimum Gasteiger partial charge on any atom is -0.497 e. The third kappa shape index (κ3) is 5.37. The number of rotatable bonds is 5. The van der Waals surface area contributed by atoms with Crippen molar-refractivity contribution >= 4 is 23.3 Å². The molecule has 1 aliphatic heterocycles. The van der Waals surface area contributed by atoms with E-state index < -0.39 is 6.04 Å². The molecule has 0 bridgehead atoms. The van der Waals surface area contributed by atoms with Gasteiger partial charge in [0.05, 0.1) is 7.11 Å². The van der Waals surface area contributed by atoms with E-state index >= 15 is 0 Å². The Morgan fingerprint density at radius 2 is 1.76 bits per heavy atom. The fourth-order valence-corrected chi connectivity index (χ4v) is 3.11. The van der Waals surface area contributed by atoms with Crippen LogP contribution in [0.4, 0.5) is 20.6 Å². The van der Waals surface area contributed by atoms with Crippen LogP contribution in [-0.2, 0) is 4.79 Å². The average molecular weight is 400 g/mol. The highest BCUT2D eigenvalue weighted by Gasteiger charge is 2.24. The standard InChI is InChI=1S/C21H25FN4O3/c1-15(20(27)24-17-4-3-5-19(14-17)29-2)23-21(28)26-12-10-25(11-13-26)18-8-6-16(22)7-9-18/h3-9,14-15H,10-13H2,1-2H3,(H,23,28)(H,24,27). The van der Waals surface area contributed by atoms with Gasteiger partial charge >= 0.3 is 6.03 Å². The average Bonchev–Trinajstić information content (AvgIpc) is 2.74. The molecule has 0 aromatic heterocycles. The van der Waals surface area contributed by atoms with Crippen LogP contribution in [0.25, 0.3) is 0 Å². The zero-order chi connectivity index (χ0) is 20.8. The maximum Gasteiger partial charge on any atom is 0.318 e. The molecular weight excluding hydrogens is 375 g/mol. The quantitative estimate of drug-likeness (QED) is 0.809. The van der Waals surface area contributed by atoms with Crippen molar-refractivity contribution in [2.45, 2.75) is 13.0 Å². The van der Waals surface area contributed by atoms with Crippen molar-refractivity contribution in [3.63, 3.8) is 0 Å². The number of nitrogens with zero attached hydrogens (tertiary/aromatic N) is 2. The Morgan fingerprint density at radius 1 is 1.07 bits per heavy atom. The summed E-state index contributed by atoms with van der Waals surface area (Å²) in [5.74, 6) is 0.0584. The number of ether oxygens (including phenoxy) is 1. The van der Waals surface area contributed by atoms with Crippen LogP contribution in [0.3, 0.4) is 0 Å². The lowest BCUT2D eigenvalue weighted by atomic mass is 10.2. The topological polar surface area (TPSA) is 73.9 Å². The largest absolute Gasteiger partial charge is 0.497 e. The van der Waals surface area contributed by atoms with Crippen LogP contribution in [0.5, 0.6) is 5.75 Å². The molecule has 3 amide bonds. The van der Waals surface area contributed by atoms with Crippen LogP contribution in [0.2, 0.25) is 0 Å². The van der Waals surface area contributed by atoms with E-state index in [1.807, 2.05) is 0 Å². The monoisotopic (exact) mass is 400 g/mol. The first-order valence-corrected chi connectivity index (χ1v) is 9.47. The first-order valence-electron chi connectivity index (χ1n) is 9.47. The van der Waals surface area contributed by atoms with Crippen molar-refractivity contribution in [3.05, 3.63) is 54.3 Å². The van der Waals surface area contributed by atoms with E-state index in [4.69, 9.17) is 4.74 Å². The minimum absolute atomic E-state index is 0.270. The summed E-state index contributed by atoms with van der Waals surface area (Å²) in [7, 11) is 1.56. The molecule has 0 aliphatic carbocycles. The molecule has 29 heavy (non-hydrogen) atoms. The Morgan fingerprint density at radius 3 is 2.41 bits per heavy atom. The van der Waals surface area contributed by atoms with E-state index in [1.54, 1.807) is 55.3 Å². The number of anilines is 2. The van der Waals surface area contributed by atoms with Crippen LogP contribution in [0, 0.1) is 5.82 Å². The molecular formula is C21H25FN4O3. The predicted molar refractivity (Wildman–Crippen MR) is 110 cm³/mol. The summed E-state index contributed by atoms with van der Waals surface area (Å²) in [6.07, 6.45) is 0. The highest BCUT2D eigenvalue weighted by atomic mass is 19.1. The van der Waals surface area contributed by atoms with Gasteiger partial charge in [-0.3, -0.25) is 4.79 Å². The summed E-state index contributed by atoms with van der Waals surface area (Å²) in [6, 6.07) is 12.4. The van der Waals surface area contributed by atoms with Gasteiger partial charge in [0.25, 0.3) is 0 Å². The number of carbonyl (C=O) groups excluding carboxylic acids is 2. The smallest absolute Gasteiger partial charge is 0.318 e. The van der Waals surface area contributed by atoms with E-state index in [2.05, 4.69) is 15.5 Å². The lowest BCUT2D eigenvalue weighted by Crippen LogP contribution is -2.54. The first kappa shape index (κ1) is 20.4. The second-order valence-electron chi connectivity index (χ2n) is 6.84. The third-order valence-electron chi connectivity index (χ3n) is 4.83. The molecule has 2 N–H and O–H groups in total. The summed E-state index contributed by atoms with van der Waals surface area (Å²) in [5.41, 5.74) is 1.53. The highest BCUT2D eigenvalue weighted by Crippen LogP contribution is 2.18. The molecule has 1 heterocycles. The molecule has 2 aromatic rings. The van der Waals surface area contributed by atoms with E-state index in [0.717, 1.165) is 5.69 Å². The molecule has 2 aromatic carbocycles. The molecule has 1 aliphatic rings. The summed E-state index contributed by atoms with van der Waals surface area (Å²) in [4.78, 5) is 28.6. The maximum atomic E-state index is 13.1. The van der Waals surface area contributed by atoms with Crippen LogP contribution in [0.15, 0.2) is 48.5 Å². The van der Waals surface area contributed by atoms with E-state index in [-0.39, 0.29) is 17.8 Å². The maximum absolute atomic E-state index is 13.1. The number of methoxy groups -OCH3 is 1. The van der Waals surface area contributed by atoms with Crippen molar-refractivity contribution in [2.24, 2.45) is 0 Å². The lowest BCUT2D eigenvalue weighted by molar-refractivity contribution is -0.117. The van der Waals surface area contributed by atoms with Gasteiger partial charge < -0.3 is 25.2 Å². The van der Waals surface area contributed by atoms with E-state index in [0.29, 0.717) is 37.6 Å². The van der Waals surface area contributed by atoms with Crippen molar-refractivity contribution < 1.29 is 18.7 Å². The highest BCUT2D eigenvalue weighted by molar-refractivity contribution is 5.96. The van der Waals surface area contributed by atoms with Gasteiger partial charge in [-0.25, -0.2) is 9.18 Å². The van der Waals surface area contributed by atoms with Gasteiger partial charge in [0.1, 0.15) is 17.6 Å². The normalized spacial score (nSPS) is 14.9. The Hall–Kier alpha value is -3.29. The molecule has 7 nitrogen and oxygen atoms in total. The molecule has 3 rings (SSSR count). The summed E-state index contributed by atoms with van der Waals surface area (Å²) in [5, 5.41) is 5.50. The molecule has 154 valence electrons. The van der Waals surface area contributed by atoms with Crippen molar-refractivity contribution in [1.29, 1.82) is 0 Å². The first-order chi connectivity index (χ1) is 14.0. The van der Waals surface area contributed by atoms with Gasteiger partial charge in [0.2, 0.25) is 5.91 Å². The minimum atomic E-state index is -0.691. The van der Waals surface area contributed by atoms with Crippen LogP contribution in [0.1, 0.15) is 6.92 Å². The SMILES string of the molecule is COc1cccc(NC(=O)C(C)NC(=O)N2CCN(c3ccc(F)cc3)CC2)c1. The molecule has 1 saturated heterocycles. The molecule has 0 spiro atoms. The summed E-state index contributed by atoms with van der Waals surface area (Å²) >= 11 is 0. The summed E-state index contributed by atoms with van der Waals surface area (Å²) in [6.45, 7) is 3.97. The predicted octanol–water partition coefficient (Wildman–Crippen LogP) is 2.69. The number of piperazine rings is 1. The molecule has 0 saturated carbocycles. The number of carbonyl (C=O) groups is 2. The zero-order valence-corrected chi connectivity index (χ0v) is 16.5. The van der Waals surface area contributed by atoms with Gasteiger partial charge in [-0.05, 0) is 43.3 Å². The Balaban J connectivity index is 1.48. The fraction of sp³-hybridized carbons (Fsp3) is 0.333. The molecule has 8 heteroatoms. The molecule has 0 radical (unpaired) electrons. The molecule has 1 unspecified atom stereocenters. The van der Waals surface area contributed by atoms with Crippen molar-refractivity contribution in [1.82, 2.24) is 10.2 Å². The number of amides is 3. The zero-order valence-electron chi connectivity index (χ0n) is 16.5. The number of hydrogen-bond acceptors (Lipinski definition) is 4. The molecule has 1 fully saturated rings. The van der Waals surface area contributed by atoms with Crippen LogP contribution >= 0.6 is 0 Å². The Labute approximate surface area is 169 Å². The number of urea groups is 1. The number of halogens is 1. The lowest BCUT2D eigenvalue weighted by Gasteiger charge is -2.36. The van der Waals surface area contributed by atoms with Gasteiger partial charge in [0.15, 0.2) is 0 Å². The second kappa shape index (κ2) is 9.27. The summed E-state index contributed by atoms with van der Waals surface area (Å²) < 4.78 is 18.2. The van der Waals surface area contributed by atoms with E-state index in [1.165, 1.54) is 12.1 Å². The van der Waals surface area contributed by atoms with Gasteiger partial charge in [-0.1, -0.05) is 6.07 Å². The van der Waals surface area contributed by atoms with Crippen LogP contribution < -0.4 is 20.3 Å². The van der Waals surface area contributed by atoms with E-state index in [9.17, 15) is 14.0 Å². The van der Waals surface area contributed by atoms with Gasteiger partial charge in [0, 0.05) is 43.6 Å². The number of benzene rings is 2. The Bertz CT molecular complexity index is 851. The molecule has 1 atom stereocenters. The number of nitrogens with one attached hydrogen (secondary N) is 2. The van der Waals surface area contributed by atoms with Crippen molar-refractivity contribution in [3.8, 4) is 5.75 Å². The second-order valence-corrected chi connectivity index (χ2v) is 6.84.